The zero-order chi connectivity index (χ0) is 6.85. The lowest BCUT2D eigenvalue weighted by atomic mass is 9.95. The maximum atomic E-state index is 7.24. The van der Waals surface area contributed by atoms with E-state index in [1.165, 1.54) is 0 Å². The molecule has 1 rings (SSSR count). The fourth-order valence-electron chi connectivity index (χ4n) is 0.988. The van der Waals surface area contributed by atoms with E-state index in [0.29, 0.717) is 11.8 Å². The van der Waals surface area contributed by atoms with E-state index in [0.717, 1.165) is 13.0 Å². The van der Waals surface area contributed by atoms with E-state index >= 15 is 0 Å². The van der Waals surface area contributed by atoms with E-state index < -0.39 is 0 Å². The highest BCUT2D eigenvalue weighted by Crippen LogP contribution is 2.09. The molecule has 1 fully saturated rings. The number of nitrogens with two attached hydrogens (primary N) is 1. The number of amidine groups is 1. The molecular weight excluding hydrogens is 185 g/mol. The summed E-state index contributed by atoms with van der Waals surface area (Å²) in [7, 11) is 0. The van der Waals surface area contributed by atoms with Gasteiger partial charge in [-0.15, -0.1) is 24.8 Å². The van der Waals surface area contributed by atoms with E-state index in [-0.39, 0.29) is 30.9 Å². The molecule has 2 atom stereocenters. The molecule has 2 unspecified atom stereocenters. The maximum absolute atomic E-state index is 7.24. The Bertz CT molecular complexity index is 129. The first-order valence-corrected chi connectivity index (χ1v) is 3.27. The van der Waals surface area contributed by atoms with Crippen molar-refractivity contribution in [3.63, 3.8) is 0 Å². The van der Waals surface area contributed by atoms with Crippen molar-refractivity contribution in [2.45, 2.75) is 19.4 Å². The molecule has 1 aliphatic heterocycles. The number of halogens is 2. The Labute approximate surface area is 79.4 Å². The first-order valence-electron chi connectivity index (χ1n) is 3.27. The highest BCUT2D eigenvalue weighted by Gasteiger charge is 2.19. The molecule has 3 nitrogen and oxygen atoms in total. The SMILES string of the molecule is CC1CC(=N)NCC1N.Cl.Cl. The minimum Gasteiger partial charge on any atom is -0.372 e. The van der Waals surface area contributed by atoms with E-state index in [1.807, 2.05) is 0 Å². The summed E-state index contributed by atoms with van der Waals surface area (Å²) in [6.45, 7) is 2.85. The molecule has 0 saturated carbocycles. The van der Waals surface area contributed by atoms with Crippen molar-refractivity contribution in [2.75, 3.05) is 6.54 Å². The van der Waals surface area contributed by atoms with E-state index in [4.69, 9.17) is 11.1 Å². The molecule has 0 aromatic rings. The number of hydrogen-bond acceptors (Lipinski definition) is 2. The van der Waals surface area contributed by atoms with Crippen molar-refractivity contribution in [2.24, 2.45) is 11.7 Å². The second-order valence-corrected chi connectivity index (χ2v) is 2.70. The van der Waals surface area contributed by atoms with E-state index in [1.54, 1.807) is 0 Å². The largest absolute Gasteiger partial charge is 0.372 e. The molecule has 1 saturated heterocycles. The Morgan fingerprint density at radius 1 is 1.55 bits per heavy atom. The molecule has 1 heterocycles. The van der Waals surface area contributed by atoms with Crippen molar-refractivity contribution in [3.8, 4) is 0 Å². The molecule has 0 aromatic carbocycles. The number of nitrogens with one attached hydrogen (secondary N) is 2. The third kappa shape index (κ3) is 3.79. The Balaban J connectivity index is 0. The lowest BCUT2D eigenvalue weighted by molar-refractivity contribution is 0.429. The van der Waals surface area contributed by atoms with Crippen LogP contribution in [0.5, 0.6) is 0 Å². The minimum atomic E-state index is 0. The lowest BCUT2D eigenvalue weighted by Gasteiger charge is -2.26. The van der Waals surface area contributed by atoms with Gasteiger partial charge in [-0.2, -0.15) is 0 Å². The molecule has 0 amide bonds. The Kier molecular flexibility index (Phi) is 6.96. The predicted molar refractivity (Wildman–Crippen MR) is 52.0 cm³/mol. The normalized spacial score (nSPS) is 29.5. The molecule has 0 spiro atoms. The standard InChI is InChI=1S/C6H13N3.2ClH/c1-4-2-6(8)9-3-5(4)7;;/h4-5H,2-3,7H2,1H3,(H2,8,9);2*1H. The van der Waals surface area contributed by atoms with Gasteiger partial charge in [0.1, 0.15) is 0 Å². The number of rotatable bonds is 0. The van der Waals surface area contributed by atoms with Gasteiger partial charge < -0.3 is 11.1 Å². The first kappa shape index (κ1) is 13.6. The van der Waals surface area contributed by atoms with E-state index in [9.17, 15) is 0 Å². The van der Waals surface area contributed by atoms with E-state index in [2.05, 4.69) is 12.2 Å². The van der Waals surface area contributed by atoms with Crippen molar-refractivity contribution in [1.82, 2.24) is 5.32 Å². The Morgan fingerprint density at radius 2 is 2.09 bits per heavy atom. The van der Waals surface area contributed by atoms with Gasteiger partial charge in [0, 0.05) is 19.0 Å². The average molecular weight is 200 g/mol. The molecule has 4 N–H and O–H groups in total. The zero-order valence-electron chi connectivity index (χ0n) is 6.46. The molecule has 0 aromatic heterocycles. The van der Waals surface area contributed by atoms with Gasteiger partial charge in [0.05, 0.1) is 5.84 Å². The van der Waals surface area contributed by atoms with Gasteiger partial charge in [-0.05, 0) is 5.92 Å². The van der Waals surface area contributed by atoms with Crippen LogP contribution in [0.3, 0.4) is 0 Å². The van der Waals surface area contributed by atoms with Crippen molar-refractivity contribution >= 4 is 30.6 Å². The zero-order valence-corrected chi connectivity index (χ0v) is 8.10. The third-order valence-electron chi connectivity index (χ3n) is 1.81. The van der Waals surface area contributed by atoms with Gasteiger partial charge in [0.2, 0.25) is 0 Å². The summed E-state index contributed by atoms with van der Waals surface area (Å²) in [5.74, 6) is 1.10. The van der Waals surface area contributed by atoms with Gasteiger partial charge in [-0.1, -0.05) is 6.92 Å². The highest BCUT2D eigenvalue weighted by molar-refractivity contribution is 5.85. The monoisotopic (exact) mass is 199 g/mol. The van der Waals surface area contributed by atoms with Crippen LogP contribution in [0, 0.1) is 11.3 Å². The van der Waals surface area contributed by atoms with Gasteiger partial charge in [0.15, 0.2) is 0 Å². The van der Waals surface area contributed by atoms with Crippen LogP contribution in [0.4, 0.5) is 0 Å². The smallest absolute Gasteiger partial charge is 0.0935 e. The van der Waals surface area contributed by atoms with Crippen LogP contribution >= 0.6 is 24.8 Å². The van der Waals surface area contributed by atoms with Crippen LogP contribution in [0.2, 0.25) is 0 Å². The van der Waals surface area contributed by atoms with Crippen molar-refractivity contribution in [1.29, 1.82) is 5.41 Å². The second kappa shape index (κ2) is 5.63. The lowest BCUT2D eigenvalue weighted by Crippen LogP contribution is -2.47. The van der Waals surface area contributed by atoms with Gasteiger partial charge in [-0.3, -0.25) is 5.41 Å². The summed E-state index contributed by atoms with van der Waals surface area (Å²) < 4.78 is 0. The summed E-state index contributed by atoms with van der Waals surface area (Å²) in [5, 5.41) is 10.2. The predicted octanol–water partition coefficient (Wildman–Crippen LogP) is 0.764. The number of piperidine rings is 1. The molecular formula is C6H15Cl2N3. The highest BCUT2D eigenvalue weighted by atomic mass is 35.5. The molecule has 1 aliphatic rings. The van der Waals surface area contributed by atoms with Crippen LogP contribution in [0.1, 0.15) is 13.3 Å². The Hall–Kier alpha value is 0.01000. The molecule has 0 radical (unpaired) electrons. The first-order chi connectivity index (χ1) is 4.20. The molecule has 5 heteroatoms. The summed E-state index contributed by atoms with van der Waals surface area (Å²) in [6, 6.07) is 0.235. The number of hydrogen-bond donors (Lipinski definition) is 3. The van der Waals surface area contributed by atoms with Gasteiger partial charge >= 0.3 is 0 Å². The molecule has 68 valence electrons. The summed E-state index contributed by atoms with van der Waals surface area (Å²) in [4.78, 5) is 0. The summed E-state index contributed by atoms with van der Waals surface area (Å²) >= 11 is 0. The van der Waals surface area contributed by atoms with Crippen LogP contribution < -0.4 is 11.1 Å². The Morgan fingerprint density at radius 3 is 2.45 bits per heavy atom. The topological polar surface area (TPSA) is 61.9 Å². The summed E-state index contributed by atoms with van der Waals surface area (Å²) in [6.07, 6.45) is 0.807. The van der Waals surface area contributed by atoms with Crippen molar-refractivity contribution in [3.05, 3.63) is 0 Å². The van der Waals surface area contributed by atoms with Crippen molar-refractivity contribution < 1.29 is 0 Å². The fraction of sp³-hybridized carbons (Fsp3) is 0.833. The van der Waals surface area contributed by atoms with Crippen LogP contribution in [0.25, 0.3) is 0 Å². The van der Waals surface area contributed by atoms with Crippen LogP contribution in [-0.2, 0) is 0 Å². The summed E-state index contributed by atoms with van der Waals surface area (Å²) in [5.41, 5.74) is 5.68. The minimum absolute atomic E-state index is 0. The molecule has 11 heavy (non-hydrogen) atoms. The average Bonchev–Trinajstić information content (AvgIpc) is 1.80. The van der Waals surface area contributed by atoms with Gasteiger partial charge in [0.25, 0.3) is 0 Å². The fourth-order valence-corrected chi connectivity index (χ4v) is 0.988. The van der Waals surface area contributed by atoms with Gasteiger partial charge in [-0.25, -0.2) is 0 Å². The maximum Gasteiger partial charge on any atom is 0.0935 e. The third-order valence-corrected chi connectivity index (χ3v) is 1.81. The quantitative estimate of drug-likeness (QED) is 0.540. The molecule has 0 aliphatic carbocycles. The molecule has 0 bridgehead atoms. The van der Waals surface area contributed by atoms with Crippen LogP contribution in [-0.4, -0.2) is 18.4 Å². The second-order valence-electron chi connectivity index (χ2n) is 2.70. The van der Waals surface area contributed by atoms with Crippen LogP contribution in [0.15, 0.2) is 0 Å².